The second-order valence-electron chi connectivity index (χ2n) is 8.27. The predicted molar refractivity (Wildman–Crippen MR) is 104 cm³/mol. The maximum Gasteiger partial charge on any atom is 0.411 e. The Kier molecular flexibility index (Phi) is 7.07. The summed E-state index contributed by atoms with van der Waals surface area (Å²) in [5.74, 6) is -0.505. The molecule has 160 valence electrons. The quantitative estimate of drug-likeness (QED) is 0.506. The van der Waals surface area contributed by atoms with E-state index in [1.165, 1.54) is 10.4 Å². The molecule has 0 saturated carbocycles. The molecule has 29 heavy (non-hydrogen) atoms. The zero-order chi connectivity index (χ0) is 21.8. The lowest BCUT2D eigenvalue weighted by Gasteiger charge is -2.37. The fourth-order valence-corrected chi connectivity index (χ4v) is 2.98. The fraction of sp³-hybridized carbons (Fsp3) is 0.550. The average Bonchev–Trinajstić information content (AvgIpc) is 2.62. The van der Waals surface area contributed by atoms with E-state index in [-0.39, 0.29) is 25.2 Å². The molecule has 0 unspecified atom stereocenters. The number of amides is 3. The van der Waals surface area contributed by atoms with Crippen molar-refractivity contribution in [3.05, 3.63) is 29.3 Å². The third kappa shape index (κ3) is 6.35. The number of hydroxylamine groups is 1. The second-order valence-corrected chi connectivity index (χ2v) is 8.27. The molecule has 1 aromatic carbocycles. The molecule has 1 heterocycles. The smallest absolute Gasteiger partial charge is 0.411 e. The zero-order valence-electron chi connectivity index (χ0n) is 17.4. The highest BCUT2D eigenvalue weighted by Gasteiger charge is 2.37. The molecule has 0 spiro atoms. The van der Waals surface area contributed by atoms with Crippen molar-refractivity contribution in [1.82, 2.24) is 15.7 Å². The lowest BCUT2D eigenvalue weighted by atomic mass is 9.93. The summed E-state index contributed by atoms with van der Waals surface area (Å²) in [5.41, 5.74) is 2.77. The van der Waals surface area contributed by atoms with Crippen molar-refractivity contribution in [2.75, 3.05) is 6.61 Å². The van der Waals surface area contributed by atoms with Gasteiger partial charge in [-0.3, -0.25) is 19.7 Å². The van der Waals surface area contributed by atoms with Crippen LogP contribution in [-0.4, -0.2) is 52.3 Å². The number of nitrogens with one attached hydrogen (secondary N) is 2. The maximum atomic E-state index is 12.8. The number of hydrogen-bond donors (Lipinski definition) is 3. The largest absolute Gasteiger partial charge is 0.484 e. The van der Waals surface area contributed by atoms with Crippen LogP contribution in [0.5, 0.6) is 5.75 Å². The minimum Gasteiger partial charge on any atom is -0.484 e. The van der Waals surface area contributed by atoms with Gasteiger partial charge in [0.15, 0.2) is 6.61 Å². The van der Waals surface area contributed by atoms with Gasteiger partial charge in [-0.05, 0) is 57.9 Å². The molecular formula is C20H29N3O6. The van der Waals surface area contributed by atoms with Crippen molar-refractivity contribution in [3.8, 4) is 5.75 Å². The number of nitrogens with zero attached hydrogens (tertiary/aromatic N) is 1. The van der Waals surface area contributed by atoms with E-state index in [4.69, 9.17) is 14.7 Å². The van der Waals surface area contributed by atoms with Crippen LogP contribution in [0.1, 0.15) is 45.7 Å². The van der Waals surface area contributed by atoms with Crippen LogP contribution in [0.3, 0.4) is 0 Å². The molecule has 1 atom stereocenters. The molecule has 3 amide bonds. The van der Waals surface area contributed by atoms with Gasteiger partial charge in [0.1, 0.15) is 11.8 Å². The molecule has 0 aromatic heterocycles. The first kappa shape index (κ1) is 22.5. The van der Waals surface area contributed by atoms with Gasteiger partial charge >= 0.3 is 6.09 Å². The topological polar surface area (TPSA) is 117 Å². The highest BCUT2D eigenvalue weighted by molar-refractivity contribution is 5.87. The molecule has 0 saturated heterocycles. The minimum absolute atomic E-state index is 0.173. The number of carbonyl (C=O) groups excluding carboxylic acids is 3. The number of ether oxygens (including phenoxy) is 2. The molecule has 2 rings (SSSR count). The van der Waals surface area contributed by atoms with E-state index >= 15 is 0 Å². The summed E-state index contributed by atoms with van der Waals surface area (Å²) >= 11 is 0. The van der Waals surface area contributed by atoms with E-state index in [0.29, 0.717) is 12.2 Å². The van der Waals surface area contributed by atoms with Crippen molar-refractivity contribution in [3.63, 3.8) is 0 Å². The van der Waals surface area contributed by atoms with Gasteiger partial charge in [-0.2, -0.15) is 0 Å². The minimum atomic E-state index is -0.695. The molecule has 1 aliphatic heterocycles. The van der Waals surface area contributed by atoms with Crippen molar-refractivity contribution in [1.29, 1.82) is 0 Å². The molecule has 1 aromatic rings. The second kappa shape index (κ2) is 9.13. The molecule has 9 nitrogen and oxygen atoms in total. The predicted octanol–water partition coefficient (Wildman–Crippen LogP) is 1.76. The normalized spacial score (nSPS) is 16.1. The molecular weight excluding hydrogens is 378 g/mol. The summed E-state index contributed by atoms with van der Waals surface area (Å²) in [6, 6.07) is 4.52. The first-order valence-corrected chi connectivity index (χ1v) is 9.47. The summed E-state index contributed by atoms with van der Waals surface area (Å²) < 4.78 is 10.7. The third-order valence-corrected chi connectivity index (χ3v) is 4.17. The average molecular weight is 407 g/mol. The highest BCUT2D eigenvalue weighted by atomic mass is 16.6. The number of benzene rings is 1. The maximum absolute atomic E-state index is 12.8. The van der Waals surface area contributed by atoms with Gasteiger partial charge in [0.05, 0.1) is 12.6 Å². The monoisotopic (exact) mass is 407 g/mol. The summed E-state index contributed by atoms with van der Waals surface area (Å²) in [7, 11) is 0. The van der Waals surface area contributed by atoms with Crippen LogP contribution in [0.2, 0.25) is 0 Å². The first-order chi connectivity index (χ1) is 13.5. The van der Waals surface area contributed by atoms with Crippen molar-refractivity contribution in [2.45, 2.75) is 65.3 Å². The number of carbonyl (C=O) groups is 3. The van der Waals surface area contributed by atoms with Crippen molar-refractivity contribution < 1.29 is 29.1 Å². The Labute approximate surface area is 170 Å². The molecule has 3 N–H and O–H groups in total. The SMILES string of the molecule is CC(C)OC(=O)N1Cc2cc(OCC(=O)NO)ccc2C[C@H]1C(=O)NC(C)(C)C. The van der Waals surface area contributed by atoms with E-state index in [1.807, 2.05) is 26.8 Å². The van der Waals surface area contributed by atoms with E-state index in [0.717, 1.165) is 11.1 Å². The van der Waals surface area contributed by atoms with Gasteiger partial charge in [-0.15, -0.1) is 0 Å². The molecule has 0 bridgehead atoms. The van der Waals surface area contributed by atoms with Crippen molar-refractivity contribution in [2.24, 2.45) is 0 Å². The molecule has 0 fully saturated rings. The summed E-state index contributed by atoms with van der Waals surface area (Å²) in [5, 5.41) is 11.5. The first-order valence-electron chi connectivity index (χ1n) is 9.47. The number of hydrogen-bond acceptors (Lipinski definition) is 6. The number of fused-ring (bicyclic) bond motifs is 1. The Balaban J connectivity index is 2.27. The van der Waals surface area contributed by atoms with Crippen LogP contribution >= 0.6 is 0 Å². The standard InChI is InChI=1S/C20H29N3O6/c1-12(2)29-19(26)23-10-14-8-15(28-11-17(24)22-27)7-6-13(14)9-16(23)18(25)21-20(3,4)5/h6-8,12,16,27H,9-11H2,1-5H3,(H,21,25)(H,22,24)/t16-/m0/s1. The van der Waals surface area contributed by atoms with Gasteiger partial charge in [0, 0.05) is 12.0 Å². The van der Waals surface area contributed by atoms with Crippen molar-refractivity contribution >= 4 is 17.9 Å². The fourth-order valence-electron chi connectivity index (χ4n) is 2.98. The van der Waals surface area contributed by atoms with E-state index in [2.05, 4.69) is 5.32 Å². The zero-order valence-corrected chi connectivity index (χ0v) is 17.4. The van der Waals surface area contributed by atoms with Gasteiger partial charge in [0.2, 0.25) is 5.91 Å². The third-order valence-electron chi connectivity index (χ3n) is 4.17. The Bertz CT molecular complexity index is 772. The molecule has 0 radical (unpaired) electrons. The Morgan fingerprint density at radius 3 is 2.52 bits per heavy atom. The molecule has 0 aliphatic carbocycles. The van der Waals surface area contributed by atoms with Gasteiger partial charge in [-0.1, -0.05) is 6.07 Å². The van der Waals surface area contributed by atoms with E-state index in [9.17, 15) is 14.4 Å². The highest BCUT2D eigenvalue weighted by Crippen LogP contribution is 2.28. The lowest BCUT2D eigenvalue weighted by Crippen LogP contribution is -2.56. The number of rotatable bonds is 5. The van der Waals surface area contributed by atoms with Gasteiger partial charge in [-0.25, -0.2) is 10.3 Å². The van der Waals surface area contributed by atoms with Gasteiger partial charge in [0.25, 0.3) is 5.91 Å². The van der Waals surface area contributed by atoms with Crippen LogP contribution in [0.15, 0.2) is 18.2 Å². The summed E-state index contributed by atoms with van der Waals surface area (Å²) in [6.45, 7) is 8.97. The lowest BCUT2D eigenvalue weighted by molar-refractivity contribution is -0.131. The van der Waals surface area contributed by atoms with Crippen LogP contribution < -0.4 is 15.5 Å². The Morgan fingerprint density at radius 1 is 1.24 bits per heavy atom. The van der Waals surface area contributed by atoms with Crippen LogP contribution in [0, 0.1) is 0 Å². The van der Waals surface area contributed by atoms with Gasteiger partial charge < -0.3 is 14.8 Å². The summed E-state index contributed by atoms with van der Waals surface area (Å²) in [4.78, 5) is 38.1. The van der Waals surface area contributed by atoms with Crippen LogP contribution in [0.4, 0.5) is 4.79 Å². The molecule has 1 aliphatic rings. The molecule has 9 heteroatoms. The summed E-state index contributed by atoms with van der Waals surface area (Å²) in [6.07, 6.45) is -0.547. The Hall–Kier alpha value is -2.81. The van der Waals surface area contributed by atoms with E-state index < -0.39 is 23.6 Å². The Morgan fingerprint density at radius 2 is 1.93 bits per heavy atom. The van der Waals surface area contributed by atoms with Crippen LogP contribution in [-0.2, 0) is 27.3 Å². The van der Waals surface area contributed by atoms with E-state index in [1.54, 1.807) is 26.0 Å². The van der Waals surface area contributed by atoms with Crippen LogP contribution in [0.25, 0.3) is 0 Å².